The van der Waals surface area contributed by atoms with Crippen LogP contribution < -0.4 is 15.2 Å². The lowest BCUT2D eigenvalue weighted by Gasteiger charge is -2.19. The largest absolute Gasteiger partial charge is 0.507 e. The standard InChI is InChI=1S/C11H14F3NO3/c1-17-6-3-8(16)10(9(4-6)18-2)7(15)5-11(12,13)14/h3-4,7,16H,5,15H2,1-2H3/t7-/m1/s1. The first kappa shape index (κ1) is 14.4. The maximum Gasteiger partial charge on any atom is 0.390 e. The average Bonchev–Trinajstić information content (AvgIpc) is 2.24. The summed E-state index contributed by atoms with van der Waals surface area (Å²) in [5.41, 5.74) is 5.36. The van der Waals surface area contributed by atoms with E-state index in [0.717, 1.165) is 0 Å². The molecule has 0 bridgehead atoms. The fraction of sp³-hybridized carbons (Fsp3) is 0.455. The van der Waals surface area contributed by atoms with Crippen LogP contribution in [0.5, 0.6) is 17.2 Å². The molecule has 102 valence electrons. The third-order valence-electron chi connectivity index (χ3n) is 2.37. The average molecular weight is 265 g/mol. The van der Waals surface area contributed by atoms with Crippen LogP contribution in [0.15, 0.2) is 12.1 Å². The molecule has 0 saturated carbocycles. The summed E-state index contributed by atoms with van der Waals surface area (Å²) in [4.78, 5) is 0. The summed E-state index contributed by atoms with van der Waals surface area (Å²) in [5.74, 6) is -0.0566. The fourth-order valence-corrected chi connectivity index (χ4v) is 1.60. The van der Waals surface area contributed by atoms with Gasteiger partial charge in [-0.05, 0) is 0 Å². The van der Waals surface area contributed by atoms with Crippen molar-refractivity contribution in [3.05, 3.63) is 17.7 Å². The van der Waals surface area contributed by atoms with E-state index in [-0.39, 0.29) is 22.8 Å². The van der Waals surface area contributed by atoms with Crippen LogP contribution in [-0.2, 0) is 0 Å². The fourth-order valence-electron chi connectivity index (χ4n) is 1.60. The number of halogens is 3. The number of rotatable bonds is 4. The Balaban J connectivity index is 3.14. The van der Waals surface area contributed by atoms with Crippen molar-refractivity contribution in [2.45, 2.75) is 18.6 Å². The maximum atomic E-state index is 12.3. The summed E-state index contributed by atoms with van der Waals surface area (Å²) >= 11 is 0. The Labute approximate surface area is 102 Å². The molecule has 7 heteroatoms. The first-order valence-corrected chi connectivity index (χ1v) is 5.05. The van der Waals surface area contributed by atoms with Crippen LogP contribution in [0.4, 0.5) is 13.2 Å². The maximum absolute atomic E-state index is 12.3. The molecular weight excluding hydrogens is 251 g/mol. The molecule has 3 N–H and O–H groups in total. The summed E-state index contributed by atoms with van der Waals surface area (Å²) in [6, 6.07) is 1.16. The highest BCUT2D eigenvalue weighted by molar-refractivity contribution is 5.51. The zero-order valence-corrected chi connectivity index (χ0v) is 9.91. The van der Waals surface area contributed by atoms with Gasteiger partial charge in [-0.15, -0.1) is 0 Å². The number of phenols is 1. The van der Waals surface area contributed by atoms with Crippen molar-refractivity contribution in [3.63, 3.8) is 0 Å². The predicted molar refractivity (Wildman–Crippen MR) is 58.8 cm³/mol. The lowest BCUT2D eigenvalue weighted by Crippen LogP contribution is -2.21. The number of aromatic hydroxyl groups is 1. The van der Waals surface area contributed by atoms with Crippen molar-refractivity contribution < 1.29 is 27.8 Å². The van der Waals surface area contributed by atoms with Gasteiger partial charge in [0.25, 0.3) is 0 Å². The quantitative estimate of drug-likeness (QED) is 0.877. The highest BCUT2D eigenvalue weighted by atomic mass is 19.4. The Bertz CT molecular complexity index is 421. The van der Waals surface area contributed by atoms with Crippen LogP contribution in [-0.4, -0.2) is 25.5 Å². The molecule has 1 aromatic carbocycles. The molecule has 18 heavy (non-hydrogen) atoms. The smallest absolute Gasteiger partial charge is 0.390 e. The molecule has 0 fully saturated rings. The van der Waals surface area contributed by atoms with Crippen molar-refractivity contribution in [2.24, 2.45) is 5.73 Å². The third kappa shape index (κ3) is 3.43. The number of ether oxygens (including phenoxy) is 2. The Hall–Kier alpha value is -1.63. The molecule has 0 heterocycles. The van der Waals surface area contributed by atoms with Gasteiger partial charge < -0.3 is 20.3 Å². The molecule has 0 aromatic heterocycles. The van der Waals surface area contributed by atoms with E-state index in [1.807, 2.05) is 0 Å². The number of hydrogen-bond acceptors (Lipinski definition) is 4. The van der Waals surface area contributed by atoms with Crippen LogP contribution >= 0.6 is 0 Å². The summed E-state index contributed by atoms with van der Waals surface area (Å²) in [5, 5.41) is 9.69. The van der Waals surface area contributed by atoms with Crippen molar-refractivity contribution in [2.75, 3.05) is 14.2 Å². The highest BCUT2D eigenvalue weighted by Crippen LogP contribution is 2.40. The lowest BCUT2D eigenvalue weighted by molar-refractivity contribution is -0.138. The van der Waals surface area contributed by atoms with Crippen molar-refractivity contribution in [3.8, 4) is 17.2 Å². The van der Waals surface area contributed by atoms with Gasteiger partial charge in [0, 0.05) is 18.2 Å². The summed E-state index contributed by atoms with van der Waals surface area (Å²) in [6.45, 7) is 0. The molecule has 0 radical (unpaired) electrons. The number of nitrogens with two attached hydrogens (primary N) is 1. The Kier molecular flexibility index (Phi) is 4.28. The minimum absolute atomic E-state index is 0.0589. The number of methoxy groups -OCH3 is 2. The van der Waals surface area contributed by atoms with Crippen molar-refractivity contribution in [1.82, 2.24) is 0 Å². The number of benzene rings is 1. The van der Waals surface area contributed by atoms with Crippen molar-refractivity contribution >= 4 is 0 Å². The van der Waals surface area contributed by atoms with E-state index in [0.29, 0.717) is 0 Å². The Morgan fingerprint density at radius 1 is 1.28 bits per heavy atom. The van der Waals surface area contributed by atoms with E-state index in [9.17, 15) is 18.3 Å². The topological polar surface area (TPSA) is 64.7 Å². The molecule has 0 amide bonds. The van der Waals surface area contributed by atoms with E-state index in [2.05, 4.69) is 0 Å². The summed E-state index contributed by atoms with van der Waals surface area (Å²) in [7, 11) is 2.64. The van der Waals surface area contributed by atoms with Crippen LogP contribution in [0.1, 0.15) is 18.0 Å². The zero-order valence-electron chi connectivity index (χ0n) is 9.91. The minimum atomic E-state index is -4.42. The van der Waals surface area contributed by atoms with Gasteiger partial charge in [0.05, 0.1) is 26.2 Å². The molecule has 0 unspecified atom stereocenters. The van der Waals surface area contributed by atoms with E-state index in [1.165, 1.54) is 26.4 Å². The van der Waals surface area contributed by atoms with Gasteiger partial charge in [-0.25, -0.2) is 0 Å². The Morgan fingerprint density at radius 3 is 2.33 bits per heavy atom. The second kappa shape index (κ2) is 5.34. The van der Waals surface area contributed by atoms with Gasteiger partial charge in [-0.3, -0.25) is 0 Å². The molecule has 0 saturated heterocycles. The minimum Gasteiger partial charge on any atom is -0.507 e. The third-order valence-corrected chi connectivity index (χ3v) is 2.37. The van der Waals surface area contributed by atoms with E-state index in [4.69, 9.17) is 15.2 Å². The molecule has 4 nitrogen and oxygen atoms in total. The zero-order chi connectivity index (χ0) is 13.9. The molecular formula is C11H14F3NO3. The molecule has 1 aromatic rings. The Morgan fingerprint density at radius 2 is 1.89 bits per heavy atom. The molecule has 0 aliphatic rings. The normalized spacial score (nSPS) is 13.2. The molecule has 0 aliphatic heterocycles. The highest BCUT2D eigenvalue weighted by Gasteiger charge is 2.33. The summed E-state index contributed by atoms with van der Waals surface area (Å²) in [6.07, 6.45) is -5.67. The lowest BCUT2D eigenvalue weighted by atomic mass is 10.0. The first-order valence-electron chi connectivity index (χ1n) is 5.05. The van der Waals surface area contributed by atoms with Crippen LogP contribution in [0, 0.1) is 0 Å². The van der Waals surface area contributed by atoms with Gasteiger partial charge in [0.15, 0.2) is 0 Å². The van der Waals surface area contributed by atoms with E-state index >= 15 is 0 Å². The number of alkyl halides is 3. The van der Waals surface area contributed by atoms with Crippen LogP contribution in [0.25, 0.3) is 0 Å². The predicted octanol–water partition coefficient (Wildman–Crippen LogP) is 2.36. The number of hydrogen-bond donors (Lipinski definition) is 2. The molecule has 0 spiro atoms. The summed E-state index contributed by atoms with van der Waals surface area (Å²) < 4.78 is 46.6. The van der Waals surface area contributed by atoms with Gasteiger partial charge >= 0.3 is 6.18 Å². The monoisotopic (exact) mass is 265 g/mol. The van der Waals surface area contributed by atoms with Gasteiger partial charge in [0.2, 0.25) is 0 Å². The molecule has 1 rings (SSSR count). The SMILES string of the molecule is COc1cc(O)c([C@H](N)CC(F)(F)F)c(OC)c1. The molecule has 1 atom stereocenters. The number of phenolic OH excluding ortho intramolecular Hbond substituents is 1. The first-order chi connectivity index (χ1) is 8.28. The van der Waals surface area contributed by atoms with Gasteiger partial charge in [-0.2, -0.15) is 13.2 Å². The second-order valence-corrected chi connectivity index (χ2v) is 3.69. The van der Waals surface area contributed by atoms with Crippen LogP contribution in [0.2, 0.25) is 0 Å². The van der Waals surface area contributed by atoms with Crippen LogP contribution in [0.3, 0.4) is 0 Å². The second-order valence-electron chi connectivity index (χ2n) is 3.69. The van der Waals surface area contributed by atoms with Crippen molar-refractivity contribution in [1.29, 1.82) is 0 Å². The van der Waals surface area contributed by atoms with E-state index in [1.54, 1.807) is 0 Å². The van der Waals surface area contributed by atoms with E-state index < -0.39 is 18.6 Å². The van der Waals surface area contributed by atoms with Gasteiger partial charge in [0.1, 0.15) is 17.2 Å². The van der Waals surface area contributed by atoms with Gasteiger partial charge in [-0.1, -0.05) is 0 Å². The molecule has 0 aliphatic carbocycles.